The number of ether oxygens (including phenoxy) is 1. The Kier molecular flexibility index (Phi) is 7.30. The molecule has 36 heavy (non-hydrogen) atoms. The van der Waals surface area contributed by atoms with Crippen LogP contribution in [0.2, 0.25) is 0 Å². The van der Waals surface area contributed by atoms with Crippen LogP contribution in [0.15, 0.2) is 76.0 Å². The molecule has 2 N–H and O–H groups in total. The number of rotatable bonds is 6. The molecule has 0 bridgehead atoms. The highest BCUT2D eigenvalue weighted by atomic mass is 79.9. The summed E-state index contributed by atoms with van der Waals surface area (Å²) >= 11 is 3.04. The van der Waals surface area contributed by atoms with Crippen LogP contribution in [0, 0.1) is 30.2 Å². The standard InChI is InChI=1S/C26H18BrF4NO4/c1-13-20(24(34)23(33)14-6-3-2-4-7-14)25(36-19-11-10-15(28)12-18(19)31)21(27)26(35)32(13)22-16(29)8-5-9-17(22)30/h2-12,23-24,33-34H,1H3. The van der Waals surface area contributed by atoms with Gasteiger partial charge < -0.3 is 14.9 Å². The van der Waals surface area contributed by atoms with Gasteiger partial charge in [-0.2, -0.15) is 0 Å². The fourth-order valence-electron chi connectivity index (χ4n) is 3.83. The second-order valence-electron chi connectivity index (χ2n) is 7.83. The number of aliphatic hydroxyl groups is 2. The largest absolute Gasteiger partial charge is 0.452 e. The molecule has 10 heteroatoms. The van der Waals surface area contributed by atoms with Gasteiger partial charge in [0, 0.05) is 17.3 Å². The summed E-state index contributed by atoms with van der Waals surface area (Å²) in [4.78, 5) is 13.3. The third-order valence-electron chi connectivity index (χ3n) is 5.56. The van der Waals surface area contributed by atoms with Crippen molar-refractivity contribution in [2.45, 2.75) is 19.1 Å². The zero-order valence-corrected chi connectivity index (χ0v) is 20.1. The lowest BCUT2D eigenvalue weighted by Gasteiger charge is -2.26. The maximum absolute atomic E-state index is 14.7. The molecule has 0 saturated carbocycles. The minimum atomic E-state index is -1.80. The first-order valence-corrected chi connectivity index (χ1v) is 11.3. The summed E-state index contributed by atoms with van der Waals surface area (Å²) in [5, 5.41) is 22.1. The molecule has 4 aromatic rings. The highest BCUT2D eigenvalue weighted by Gasteiger charge is 2.32. The van der Waals surface area contributed by atoms with Crippen LogP contribution in [-0.2, 0) is 0 Å². The van der Waals surface area contributed by atoms with E-state index in [4.69, 9.17) is 4.74 Å². The van der Waals surface area contributed by atoms with Crippen LogP contribution >= 0.6 is 15.9 Å². The number of benzene rings is 3. The molecule has 0 aliphatic rings. The molecule has 0 amide bonds. The van der Waals surface area contributed by atoms with Crippen LogP contribution in [0.25, 0.3) is 5.69 Å². The molecule has 0 fully saturated rings. The van der Waals surface area contributed by atoms with Crippen molar-refractivity contribution in [2.75, 3.05) is 0 Å². The van der Waals surface area contributed by atoms with E-state index in [-0.39, 0.29) is 16.8 Å². The van der Waals surface area contributed by atoms with E-state index in [0.717, 1.165) is 30.3 Å². The van der Waals surface area contributed by atoms with E-state index in [2.05, 4.69) is 15.9 Å². The van der Waals surface area contributed by atoms with E-state index in [1.807, 2.05) is 0 Å². The lowest BCUT2D eigenvalue weighted by atomic mass is 9.96. The third-order valence-corrected chi connectivity index (χ3v) is 6.26. The van der Waals surface area contributed by atoms with Crippen molar-refractivity contribution in [3.8, 4) is 17.2 Å². The topological polar surface area (TPSA) is 71.7 Å². The average Bonchev–Trinajstić information content (AvgIpc) is 2.85. The van der Waals surface area contributed by atoms with Crippen LogP contribution in [0.5, 0.6) is 11.5 Å². The van der Waals surface area contributed by atoms with E-state index in [1.165, 1.54) is 19.1 Å². The number of nitrogens with zero attached hydrogens (tertiary/aromatic N) is 1. The van der Waals surface area contributed by atoms with E-state index < -0.39 is 62.7 Å². The highest BCUT2D eigenvalue weighted by Crippen LogP contribution is 2.42. The summed E-state index contributed by atoms with van der Waals surface area (Å²) in [5.41, 5.74) is -1.87. The van der Waals surface area contributed by atoms with Gasteiger partial charge in [0.15, 0.2) is 17.3 Å². The first-order chi connectivity index (χ1) is 17.1. The number of hydrogen-bond donors (Lipinski definition) is 2. The lowest BCUT2D eigenvalue weighted by molar-refractivity contribution is 0.0152. The fraction of sp³-hybridized carbons (Fsp3) is 0.115. The second-order valence-corrected chi connectivity index (χ2v) is 8.62. The van der Waals surface area contributed by atoms with Gasteiger partial charge in [0.2, 0.25) is 0 Å². The molecule has 0 radical (unpaired) electrons. The summed E-state index contributed by atoms with van der Waals surface area (Å²) in [6.45, 7) is 1.28. The molecule has 0 aliphatic heterocycles. The molecule has 3 aromatic carbocycles. The van der Waals surface area contributed by atoms with Crippen molar-refractivity contribution < 1.29 is 32.5 Å². The van der Waals surface area contributed by atoms with Gasteiger partial charge in [0.1, 0.15) is 39.8 Å². The van der Waals surface area contributed by atoms with Crippen molar-refractivity contribution in [3.63, 3.8) is 0 Å². The highest BCUT2D eigenvalue weighted by molar-refractivity contribution is 9.10. The molecule has 5 nitrogen and oxygen atoms in total. The molecule has 0 aliphatic carbocycles. The Balaban J connectivity index is 2.01. The lowest BCUT2D eigenvalue weighted by Crippen LogP contribution is -2.27. The monoisotopic (exact) mass is 563 g/mol. The SMILES string of the molecule is Cc1c(C(O)C(O)c2ccccc2)c(Oc2ccc(F)cc2F)c(Br)c(=O)n1-c1c(F)cccc1F. The maximum Gasteiger partial charge on any atom is 0.273 e. The minimum Gasteiger partial charge on any atom is -0.452 e. The zero-order chi connectivity index (χ0) is 26.1. The summed E-state index contributed by atoms with van der Waals surface area (Å²) < 4.78 is 63.0. The van der Waals surface area contributed by atoms with Gasteiger partial charge in [-0.1, -0.05) is 36.4 Å². The zero-order valence-electron chi connectivity index (χ0n) is 18.6. The number of halogens is 5. The molecule has 0 spiro atoms. The summed E-state index contributed by atoms with van der Waals surface area (Å²) in [5.74, 6) is -5.01. The van der Waals surface area contributed by atoms with Gasteiger partial charge in [-0.3, -0.25) is 9.36 Å². The Bertz CT molecular complexity index is 1470. The first kappa shape index (κ1) is 25.6. The van der Waals surface area contributed by atoms with Gasteiger partial charge in [0.25, 0.3) is 5.56 Å². The van der Waals surface area contributed by atoms with Crippen LogP contribution in [0.3, 0.4) is 0 Å². The van der Waals surface area contributed by atoms with E-state index in [1.54, 1.807) is 18.2 Å². The quantitative estimate of drug-likeness (QED) is 0.281. The molecule has 0 saturated heterocycles. The number of aromatic nitrogens is 1. The van der Waals surface area contributed by atoms with Gasteiger partial charge in [0.05, 0.1) is 0 Å². The van der Waals surface area contributed by atoms with Crippen molar-refractivity contribution in [1.82, 2.24) is 4.57 Å². The molecule has 1 aromatic heterocycles. The fourth-order valence-corrected chi connectivity index (χ4v) is 4.30. The second kappa shape index (κ2) is 10.3. The Morgan fingerprint density at radius 1 is 0.861 bits per heavy atom. The maximum atomic E-state index is 14.7. The summed E-state index contributed by atoms with van der Waals surface area (Å²) in [6, 6.07) is 13.5. The van der Waals surface area contributed by atoms with Crippen LogP contribution in [-0.4, -0.2) is 14.8 Å². The molecule has 2 atom stereocenters. The van der Waals surface area contributed by atoms with Crippen molar-refractivity contribution in [2.24, 2.45) is 0 Å². The summed E-state index contributed by atoms with van der Waals surface area (Å²) in [7, 11) is 0. The van der Waals surface area contributed by atoms with Crippen molar-refractivity contribution >= 4 is 15.9 Å². The molecule has 186 valence electrons. The van der Waals surface area contributed by atoms with Gasteiger partial charge in [-0.25, -0.2) is 17.6 Å². The van der Waals surface area contributed by atoms with E-state index >= 15 is 0 Å². The predicted octanol–water partition coefficient (Wildman–Crippen LogP) is 6.02. The summed E-state index contributed by atoms with van der Waals surface area (Å²) in [6.07, 6.45) is -3.38. The smallest absolute Gasteiger partial charge is 0.273 e. The third kappa shape index (κ3) is 4.67. The van der Waals surface area contributed by atoms with Crippen molar-refractivity contribution in [1.29, 1.82) is 0 Å². The number of pyridine rings is 1. The predicted molar refractivity (Wildman–Crippen MR) is 127 cm³/mol. The van der Waals surface area contributed by atoms with Gasteiger partial charge >= 0.3 is 0 Å². The Morgan fingerprint density at radius 3 is 2.11 bits per heavy atom. The normalized spacial score (nSPS) is 12.9. The molecule has 2 unspecified atom stereocenters. The minimum absolute atomic E-state index is 0.188. The molecule has 4 rings (SSSR count). The van der Waals surface area contributed by atoms with Gasteiger partial charge in [-0.15, -0.1) is 0 Å². The van der Waals surface area contributed by atoms with Gasteiger partial charge in [-0.05, 0) is 52.7 Å². The van der Waals surface area contributed by atoms with E-state index in [0.29, 0.717) is 10.6 Å². The van der Waals surface area contributed by atoms with Crippen molar-refractivity contribution in [3.05, 3.63) is 122 Å². The number of hydrogen-bond acceptors (Lipinski definition) is 4. The average molecular weight is 564 g/mol. The van der Waals surface area contributed by atoms with E-state index in [9.17, 15) is 32.6 Å². The number of para-hydroxylation sites is 1. The Labute approximate surface area is 211 Å². The van der Waals surface area contributed by atoms with Crippen LogP contribution < -0.4 is 10.3 Å². The first-order valence-electron chi connectivity index (χ1n) is 10.5. The number of aliphatic hydroxyl groups excluding tert-OH is 2. The van der Waals surface area contributed by atoms with Crippen LogP contribution in [0.4, 0.5) is 17.6 Å². The molecule has 1 heterocycles. The Hall–Kier alpha value is -3.47. The molecular formula is C26H18BrF4NO4. The molecular weight excluding hydrogens is 546 g/mol. The Morgan fingerprint density at radius 2 is 1.50 bits per heavy atom. The van der Waals surface area contributed by atoms with Crippen LogP contribution in [0.1, 0.15) is 29.0 Å².